The highest BCUT2D eigenvalue weighted by atomic mass is 32.2. The zero-order valence-electron chi connectivity index (χ0n) is 20.1. The Balaban J connectivity index is 1.52. The molecule has 2 heterocycles. The van der Waals surface area contributed by atoms with Gasteiger partial charge in [-0.3, -0.25) is 14.2 Å². The Bertz CT molecular complexity index is 1660. The molecule has 2 N–H and O–H groups in total. The Morgan fingerprint density at radius 2 is 1.81 bits per heavy atom. The minimum absolute atomic E-state index is 0.0226. The van der Waals surface area contributed by atoms with Crippen molar-refractivity contribution in [3.8, 4) is 17.2 Å². The van der Waals surface area contributed by atoms with Crippen LogP contribution in [0.5, 0.6) is 11.5 Å². The van der Waals surface area contributed by atoms with Crippen molar-refractivity contribution >= 4 is 39.6 Å². The van der Waals surface area contributed by atoms with E-state index in [0.717, 1.165) is 28.2 Å². The number of aromatic nitrogens is 3. The number of nitrogens with one attached hydrogen (secondary N) is 2. The third-order valence-corrected chi connectivity index (χ3v) is 6.79. The monoisotopic (exact) mass is 518 g/mol. The predicted octanol–water partition coefficient (Wildman–Crippen LogP) is 4.43. The van der Waals surface area contributed by atoms with Crippen LogP contribution in [0.1, 0.15) is 5.56 Å². The van der Waals surface area contributed by atoms with Crippen molar-refractivity contribution in [3.05, 3.63) is 88.5 Å². The van der Waals surface area contributed by atoms with Crippen LogP contribution in [-0.4, -0.2) is 40.4 Å². The Kier molecular flexibility index (Phi) is 6.82. The molecule has 0 unspecified atom stereocenters. The van der Waals surface area contributed by atoms with E-state index in [1.807, 2.05) is 24.3 Å². The fourth-order valence-corrected chi connectivity index (χ4v) is 4.85. The van der Waals surface area contributed by atoms with Crippen LogP contribution in [0.15, 0.2) is 76.7 Å². The van der Waals surface area contributed by atoms with Crippen molar-refractivity contribution in [2.24, 2.45) is 0 Å². The van der Waals surface area contributed by atoms with E-state index in [-0.39, 0.29) is 29.6 Å². The standard InChI is InChI=1S/C27H23FN4O4S/c1-35-21-12-11-18(13-22(21)36-2)32-26(34)25-24(19-5-3-4-6-20(19)30-25)31-27(32)37-15-23(33)29-14-16-7-9-17(28)10-8-16/h3-13,30H,14-15H2,1-2H3,(H,29,33). The number of fused-ring (bicyclic) bond motifs is 3. The van der Waals surface area contributed by atoms with Crippen LogP contribution in [0.2, 0.25) is 0 Å². The number of ether oxygens (including phenoxy) is 2. The molecule has 10 heteroatoms. The summed E-state index contributed by atoms with van der Waals surface area (Å²) in [6.07, 6.45) is 0. The highest BCUT2D eigenvalue weighted by Gasteiger charge is 2.19. The molecule has 0 radical (unpaired) electrons. The average Bonchev–Trinajstić information content (AvgIpc) is 3.30. The largest absolute Gasteiger partial charge is 0.493 e. The minimum atomic E-state index is -0.336. The predicted molar refractivity (Wildman–Crippen MR) is 141 cm³/mol. The molecule has 0 bridgehead atoms. The summed E-state index contributed by atoms with van der Waals surface area (Å²) in [5.74, 6) is 0.415. The van der Waals surface area contributed by atoms with Crippen LogP contribution in [0.25, 0.3) is 27.6 Å². The van der Waals surface area contributed by atoms with Gasteiger partial charge < -0.3 is 19.8 Å². The van der Waals surface area contributed by atoms with Crippen molar-refractivity contribution in [2.45, 2.75) is 11.7 Å². The Hall–Kier alpha value is -4.31. The van der Waals surface area contributed by atoms with E-state index in [1.165, 1.54) is 30.9 Å². The summed E-state index contributed by atoms with van der Waals surface area (Å²) in [7, 11) is 3.05. The number of thioether (sulfide) groups is 1. The van der Waals surface area contributed by atoms with Crippen LogP contribution >= 0.6 is 11.8 Å². The average molecular weight is 519 g/mol. The fourth-order valence-electron chi connectivity index (χ4n) is 4.01. The lowest BCUT2D eigenvalue weighted by atomic mass is 10.2. The normalized spacial score (nSPS) is 11.1. The van der Waals surface area contributed by atoms with Gasteiger partial charge in [0.15, 0.2) is 16.7 Å². The molecule has 1 amide bonds. The number of benzene rings is 3. The maximum Gasteiger partial charge on any atom is 0.283 e. The van der Waals surface area contributed by atoms with Gasteiger partial charge in [-0.25, -0.2) is 9.37 Å². The smallest absolute Gasteiger partial charge is 0.283 e. The number of amides is 1. The van der Waals surface area contributed by atoms with Crippen LogP contribution in [0, 0.1) is 5.82 Å². The van der Waals surface area contributed by atoms with E-state index in [4.69, 9.17) is 14.5 Å². The van der Waals surface area contributed by atoms with Gasteiger partial charge in [-0.1, -0.05) is 42.1 Å². The molecule has 0 saturated heterocycles. The van der Waals surface area contributed by atoms with Crippen molar-refractivity contribution in [1.82, 2.24) is 19.9 Å². The van der Waals surface area contributed by atoms with Gasteiger partial charge in [0, 0.05) is 23.5 Å². The molecule has 5 rings (SSSR count). The Morgan fingerprint density at radius 1 is 1.05 bits per heavy atom. The Morgan fingerprint density at radius 3 is 2.57 bits per heavy atom. The molecule has 0 atom stereocenters. The number of methoxy groups -OCH3 is 2. The summed E-state index contributed by atoms with van der Waals surface area (Å²) in [5.41, 5.74) is 2.68. The Labute approximate surface area is 215 Å². The molecule has 0 aliphatic rings. The van der Waals surface area contributed by atoms with Crippen LogP contribution < -0.4 is 20.3 Å². The number of halogens is 1. The van der Waals surface area contributed by atoms with Crippen molar-refractivity contribution in [1.29, 1.82) is 0 Å². The number of hydrogen-bond acceptors (Lipinski definition) is 6. The number of carbonyl (C=O) groups excluding carboxylic acids is 1. The van der Waals surface area contributed by atoms with Crippen molar-refractivity contribution in [2.75, 3.05) is 20.0 Å². The molecular formula is C27H23FN4O4S. The molecular weight excluding hydrogens is 495 g/mol. The van der Waals surface area contributed by atoms with Crippen LogP contribution in [-0.2, 0) is 11.3 Å². The molecule has 0 fully saturated rings. The fraction of sp³-hybridized carbons (Fsp3) is 0.148. The summed E-state index contributed by atoms with van der Waals surface area (Å²) in [6.45, 7) is 0.261. The topological polar surface area (TPSA) is 98.2 Å². The van der Waals surface area contributed by atoms with Crippen LogP contribution in [0.3, 0.4) is 0 Å². The second kappa shape index (κ2) is 10.4. The van der Waals surface area contributed by atoms with Gasteiger partial charge >= 0.3 is 0 Å². The number of H-pyrrole nitrogens is 1. The van der Waals surface area contributed by atoms with Gasteiger partial charge in [0.2, 0.25) is 5.91 Å². The number of nitrogens with zero attached hydrogens (tertiary/aromatic N) is 2. The third-order valence-electron chi connectivity index (χ3n) is 5.85. The molecule has 0 aliphatic heterocycles. The van der Waals surface area contributed by atoms with E-state index in [0.29, 0.717) is 33.4 Å². The number of aromatic amines is 1. The lowest BCUT2D eigenvalue weighted by Gasteiger charge is -2.14. The van der Waals surface area contributed by atoms with Gasteiger partial charge in [0.25, 0.3) is 5.56 Å². The van der Waals surface area contributed by atoms with E-state index < -0.39 is 0 Å². The number of para-hydroxylation sites is 1. The van der Waals surface area contributed by atoms with Gasteiger partial charge in [0.1, 0.15) is 16.9 Å². The first kappa shape index (κ1) is 24.4. The summed E-state index contributed by atoms with van der Waals surface area (Å²) in [6, 6.07) is 18.6. The van der Waals surface area contributed by atoms with E-state index in [1.54, 1.807) is 30.3 Å². The zero-order valence-corrected chi connectivity index (χ0v) is 20.9. The van der Waals surface area contributed by atoms with Crippen molar-refractivity contribution in [3.63, 3.8) is 0 Å². The first-order valence-electron chi connectivity index (χ1n) is 11.4. The molecule has 0 spiro atoms. The molecule has 5 aromatic rings. The minimum Gasteiger partial charge on any atom is -0.493 e. The lowest BCUT2D eigenvalue weighted by molar-refractivity contribution is -0.118. The van der Waals surface area contributed by atoms with E-state index >= 15 is 0 Å². The number of carbonyl (C=O) groups is 1. The SMILES string of the molecule is COc1ccc(-n2c(SCC(=O)NCc3ccc(F)cc3)nc3c([nH]c4ccccc43)c2=O)cc1OC. The van der Waals surface area contributed by atoms with E-state index in [9.17, 15) is 14.0 Å². The molecule has 3 aromatic carbocycles. The lowest BCUT2D eigenvalue weighted by Crippen LogP contribution is -2.26. The first-order valence-corrected chi connectivity index (χ1v) is 12.4. The summed E-state index contributed by atoms with van der Waals surface area (Å²) in [4.78, 5) is 34.3. The first-order chi connectivity index (χ1) is 18.0. The molecule has 2 aromatic heterocycles. The summed E-state index contributed by atoms with van der Waals surface area (Å²) >= 11 is 1.15. The quantitative estimate of drug-likeness (QED) is 0.233. The maximum absolute atomic E-state index is 13.7. The highest BCUT2D eigenvalue weighted by molar-refractivity contribution is 7.99. The third kappa shape index (κ3) is 4.88. The molecule has 0 aliphatic carbocycles. The van der Waals surface area contributed by atoms with Gasteiger partial charge in [-0.15, -0.1) is 0 Å². The van der Waals surface area contributed by atoms with Gasteiger partial charge in [-0.05, 0) is 35.9 Å². The summed E-state index contributed by atoms with van der Waals surface area (Å²) < 4.78 is 25.4. The summed E-state index contributed by atoms with van der Waals surface area (Å²) in [5, 5.41) is 3.99. The van der Waals surface area contributed by atoms with Gasteiger partial charge in [0.05, 0.1) is 25.7 Å². The second-order valence-corrected chi connectivity index (χ2v) is 9.10. The van der Waals surface area contributed by atoms with Gasteiger partial charge in [-0.2, -0.15) is 0 Å². The molecule has 8 nitrogen and oxygen atoms in total. The second-order valence-electron chi connectivity index (χ2n) is 8.16. The van der Waals surface area contributed by atoms with E-state index in [2.05, 4.69) is 10.3 Å². The molecule has 188 valence electrons. The number of rotatable bonds is 8. The zero-order chi connectivity index (χ0) is 25.9. The van der Waals surface area contributed by atoms with Crippen molar-refractivity contribution < 1.29 is 18.7 Å². The molecule has 37 heavy (non-hydrogen) atoms. The van der Waals surface area contributed by atoms with Crippen LogP contribution in [0.4, 0.5) is 4.39 Å². The maximum atomic E-state index is 13.7. The molecule has 0 saturated carbocycles. The highest BCUT2D eigenvalue weighted by Crippen LogP contribution is 2.31. The number of hydrogen-bond donors (Lipinski definition) is 2.